The molecule has 1 aliphatic rings. The summed E-state index contributed by atoms with van der Waals surface area (Å²) in [4.78, 5) is 15.6. The number of benzene rings is 2. The summed E-state index contributed by atoms with van der Waals surface area (Å²) < 4.78 is 0. The van der Waals surface area contributed by atoms with Crippen LogP contribution >= 0.6 is 0 Å². The van der Waals surface area contributed by atoms with Crippen LogP contribution in [0.2, 0.25) is 25.2 Å². The molecule has 1 saturated heterocycles. The van der Waals surface area contributed by atoms with Gasteiger partial charge in [0.15, 0.2) is 0 Å². The van der Waals surface area contributed by atoms with E-state index in [2.05, 4.69) is 25.6 Å². The maximum atomic E-state index is 13.7. The molecule has 1 aliphatic heterocycles. The second-order valence-electron chi connectivity index (χ2n) is 9.01. The normalized spacial score (nSPS) is 18.3. The quantitative estimate of drug-likeness (QED) is 0.562. The van der Waals surface area contributed by atoms with Gasteiger partial charge in [-0.05, 0) is 24.0 Å². The van der Waals surface area contributed by atoms with Gasteiger partial charge in [-0.25, -0.2) is 0 Å². The predicted octanol–water partition coefficient (Wildman–Crippen LogP) is 4.65. The van der Waals surface area contributed by atoms with Gasteiger partial charge in [-0.15, -0.1) is 12.3 Å². The Morgan fingerprint density at radius 3 is 2.10 bits per heavy atom. The maximum absolute atomic E-state index is 13.7. The number of aliphatic hydroxyl groups is 1. The predicted molar refractivity (Wildman–Crippen MR) is 121 cm³/mol. The lowest BCUT2D eigenvalue weighted by molar-refractivity contribution is -0.136. The lowest BCUT2D eigenvalue weighted by atomic mass is 9.79. The summed E-state index contributed by atoms with van der Waals surface area (Å²) in [6.45, 7) is 7.24. The van der Waals surface area contributed by atoms with E-state index in [4.69, 9.17) is 6.42 Å². The Kier molecular flexibility index (Phi) is 6.31. The molecule has 1 fully saturated rings. The van der Waals surface area contributed by atoms with E-state index in [0.29, 0.717) is 13.0 Å². The van der Waals surface area contributed by atoms with Crippen molar-refractivity contribution in [1.82, 2.24) is 4.90 Å². The molecule has 152 valence electrons. The van der Waals surface area contributed by atoms with Gasteiger partial charge in [0.25, 0.3) is 0 Å². The number of terminal acetylenes is 1. The van der Waals surface area contributed by atoms with E-state index in [0.717, 1.165) is 24.0 Å². The molecule has 0 radical (unpaired) electrons. The molecule has 2 atom stereocenters. The van der Waals surface area contributed by atoms with Crippen LogP contribution in [0.25, 0.3) is 0 Å². The number of nitrogens with zero attached hydrogens (tertiary/aromatic N) is 1. The number of likely N-dealkylation sites (tertiary alicyclic amines) is 1. The van der Waals surface area contributed by atoms with Gasteiger partial charge in [0.05, 0.1) is 14.1 Å². The molecular formula is C25H31NO2Si. The van der Waals surface area contributed by atoms with Gasteiger partial charge in [-0.1, -0.05) is 80.3 Å². The summed E-state index contributed by atoms with van der Waals surface area (Å²) in [6.07, 6.45) is 7.73. The molecular weight excluding hydrogens is 374 g/mol. The van der Waals surface area contributed by atoms with E-state index in [-0.39, 0.29) is 17.5 Å². The molecule has 0 aliphatic carbocycles. The van der Waals surface area contributed by atoms with Gasteiger partial charge >= 0.3 is 0 Å². The first-order chi connectivity index (χ1) is 13.8. The van der Waals surface area contributed by atoms with Crippen molar-refractivity contribution in [3.05, 3.63) is 71.8 Å². The van der Waals surface area contributed by atoms with Crippen molar-refractivity contribution in [3.63, 3.8) is 0 Å². The second-order valence-corrected chi connectivity index (χ2v) is 14.4. The molecule has 2 aromatic rings. The molecule has 0 aromatic heterocycles. The fraction of sp³-hybridized carbons (Fsp3) is 0.400. The van der Waals surface area contributed by atoms with Crippen molar-refractivity contribution in [1.29, 1.82) is 0 Å². The third-order valence-corrected chi connectivity index (χ3v) is 8.65. The zero-order valence-electron chi connectivity index (χ0n) is 17.6. The highest BCUT2D eigenvalue weighted by atomic mass is 28.3. The van der Waals surface area contributed by atoms with E-state index in [9.17, 15) is 9.90 Å². The number of hydrogen-bond acceptors (Lipinski definition) is 2. The Balaban J connectivity index is 2.07. The summed E-state index contributed by atoms with van der Waals surface area (Å²) in [7, 11) is -1.80. The first-order valence-corrected chi connectivity index (χ1v) is 13.9. The third kappa shape index (κ3) is 4.17. The van der Waals surface area contributed by atoms with Crippen LogP contribution in [-0.4, -0.2) is 36.6 Å². The SMILES string of the molecule is C#CC[C@@H](C(=O)N1CCC[C@H]1C(O)(c1ccccc1)c1ccccc1)[Si](C)(C)C. The van der Waals surface area contributed by atoms with Crippen LogP contribution in [0.1, 0.15) is 30.4 Å². The van der Waals surface area contributed by atoms with Crippen LogP contribution in [0.5, 0.6) is 0 Å². The van der Waals surface area contributed by atoms with Crippen molar-refractivity contribution >= 4 is 14.0 Å². The highest BCUT2D eigenvalue weighted by Crippen LogP contribution is 2.42. The van der Waals surface area contributed by atoms with E-state index < -0.39 is 13.7 Å². The average molecular weight is 406 g/mol. The lowest BCUT2D eigenvalue weighted by Gasteiger charge is -2.42. The van der Waals surface area contributed by atoms with Crippen molar-refractivity contribution in [2.45, 2.75) is 56.1 Å². The molecule has 3 rings (SSSR count). The van der Waals surface area contributed by atoms with Crippen LogP contribution in [0.4, 0.5) is 0 Å². The van der Waals surface area contributed by atoms with E-state index >= 15 is 0 Å². The topological polar surface area (TPSA) is 40.5 Å². The number of rotatable bonds is 6. The number of carbonyl (C=O) groups excluding carboxylic acids is 1. The van der Waals surface area contributed by atoms with Crippen LogP contribution in [0, 0.1) is 12.3 Å². The minimum Gasteiger partial charge on any atom is -0.378 e. The molecule has 0 unspecified atom stereocenters. The molecule has 0 saturated carbocycles. The molecule has 4 heteroatoms. The summed E-state index contributed by atoms with van der Waals surface area (Å²) in [5.74, 6) is 2.83. The maximum Gasteiger partial charge on any atom is 0.224 e. The Morgan fingerprint density at radius 1 is 1.14 bits per heavy atom. The molecule has 3 nitrogen and oxygen atoms in total. The molecule has 0 spiro atoms. The Bertz CT molecular complexity index is 828. The smallest absolute Gasteiger partial charge is 0.224 e. The van der Waals surface area contributed by atoms with Crippen molar-refractivity contribution in [3.8, 4) is 12.3 Å². The summed E-state index contributed by atoms with van der Waals surface area (Å²) in [5.41, 5.74) is 0.244. The molecule has 29 heavy (non-hydrogen) atoms. The highest BCUT2D eigenvalue weighted by molar-refractivity contribution is 6.80. The van der Waals surface area contributed by atoms with Gasteiger partial charge in [-0.2, -0.15) is 0 Å². The van der Waals surface area contributed by atoms with Crippen molar-refractivity contribution < 1.29 is 9.90 Å². The van der Waals surface area contributed by atoms with Gasteiger partial charge in [0, 0.05) is 18.5 Å². The minimum atomic E-state index is -1.80. The second kappa shape index (κ2) is 8.57. The summed E-state index contributed by atoms with van der Waals surface area (Å²) in [5, 5.41) is 12.2. The van der Waals surface area contributed by atoms with Crippen LogP contribution in [0.3, 0.4) is 0 Å². The molecule has 1 N–H and O–H groups in total. The Labute approximate surface area is 175 Å². The average Bonchev–Trinajstić information content (AvgIpc) is 3.22. The van der Waals surface area contributed by atoms with Gasteiger partial charge in [0.2, 0.25) is 5.91 Å². The molecule has 1 amide bonds. The molecule has 2 aromatic carbocycles. The van der Waals surface area contributed by atoms with E-state index in [1.54, 1.807) is 0 Å². The zero-order chi connectivity index (χ0) is 21.1. The van der Waals surface area contributed by atoms with Crippen molar-refractivity contribution in [2.24, 2.45) is 0 Å². The first kappa shape index (κ1) is 21.4. The van der Waals surface area contributed by atoms with Gasteiger partial charge < -0.3 is 10.0 Å². The van der Waals surface area contributed by atoms with Crippen LogP contribution < -0.4 is 0 Å². The van der Waals surface area contributed by atoms with E-state index in [1.165, 1.54) is 0 Å². The van der Waals surface area contributed by atoms with Crippen LogP contribution in [0.15, 0.2) is 60.7 Å². The van der Waals surface area contributed by atoms with E-state index in [1.807, 2.05) is 65.6 Å². The highest BCUT2D eigenvalue weighted by Gasteiger charge is 2.49. The monoisotopic (exact) mass is 405 g/mol. The number of hydrogen-bond donors (Lipinski definition) is 1. The molecule has 0 bridgehead atoms. The third-order valence-electron chi connectivity index (χ3n) is 6.11. The number of amides is 1. The Hall–Kier alpha value is -2.35. The van der Waals surface area contributed by atoms with Crippen molar-refractivity contribution in [2.75, 3.05) is 6.54 Å². The lowest BCUT2D eigenvalue weighted by Crippen LogP contribution is -2.53. The molecule has 1 heterocycles. The summed E-state index contributed by atoms with van der Waals surface area (Å²) >= 11 is 0. The Morgan fingerprint density at radius 2 is 1.66 bits per heavy atom. The standard InChI is InChI=1S/C25H31NO2Si/c1-5-13-22(29(2,3)4)24(27)26-19-12-18-23(26)25(28,20-14-8-6-9-15-20)21-16-10-7-11-17-21/h1,6-11,14-17,22-23,28H,12-13,18-19H2,2-4H3/t22-,23-/m0/s1. The fourth-order valence-electron chi connectivity index (χ4n) is 4.48. The zero-order valence-corrected chi connectivity index (χ0v) is 18.6. The van der Waals surface area contributed by atoms with Gasteiger partial charge in [0.1, 0.15) is 5.60 Å². The minimum absolute atomic E-state index is 0.106. The summed E-state index contributed by atoms with van der Waals surface area (Å²) in [6, 6.07) is 19.1. The number of carbonyl (C=O) groups is 1. The fourth-order valence-corrected chi connectivity index (χ4v) is 6.12. The van der Waals surface area contributed by atoms with Gasteiger partial charge in [-0.3, -0.25) is 4.79 Å². The largest absolute Gasteiger partial charge is 0.378 e. The first-order valence-electron chi connectivity index (χ1n) is 10.4. The van der Waals surface area contributed by atoms with Crippen LogP contribution in [-0.2, 0) is 10.4 Å².